The van der Waals surface area contributed by atoms with E-state index in [1.165, 1.54) is 0 Å². The van der Waals surface area contributed by atoms with Gasteiger partial charge in [-0.25, -0.2) is 0 Å². The Morgan fingerprint density at radius 1 is 1.38 bits per heavy atom. The first kappa shape index (κ1) is 15.1. The van der Waals surface area contributed by atoms with Crippen LogP contribution in [0.2, 0.25) is 0 Å². The SMILES string of the molecule is CNCc1ccccc1OCCC(=O)Nc1cc(C)on1. The second-order valence-electron chi connectivity index (χ2n) is 4.61. The third kappa shape index (κ3) is 4.61. The summed E-state index contributed by atoms with van der Waals surface area (Å²) in [7, 11) is 1.88. The quantitative estimate of drug-likeness (QED) is 0.816. The predicted molar refractivity (Wildman–Crippen MR) is 79.2 cm³/mol. The van der Waals surface area contributed by atoms with Crippen molar-refractivity contribution < 1.29 is 14.1 Å². The molecule has 0 aliphatic heterocycles. The fourth-order valence-electron chi connectivity index (χ4n) is 1.87. The van der Waals surface area contributed by atoms with Gasteiger partial charge in [0.05, 0.1) is 13.0 Å². The third-order valence-corrected chi connectivity index (χ3v) is 2.82. The van der Waals surface area contributed by atoms with E-state index in [-0.39, 0.29) is 12.3 Å². The van der Waals surface area contributed by atoms with Gasteiger partial charge in [0.15, 0.2) is 5.82 Å². The molecule has 0 unspecified atom stereocenters. The van der Waals surface area contributed by atoms with E-state index >= 15 is 0 Å². The summed E-state index contributed by atoms with van der Waals surface area (Å²) >= 11 is 0. The number of amides is 1. The summed E-state index contributed by atoms with van der Waals surface area (Å²) in [5, 5.41) is 9.44. The normalized spacial score (nSPS) is 10.4. The Labute approximate surface area is 123 Å². The summed E-state index contributed by atoms with van der Waals surface area (Å²) in [5.41, 5.74) is 1.06. The molecule has 0 spiro atoms. The molecule has 2 rings (SSSR count). The third-order valence-electron chi connectivity index (χ3n) is 2.82. The zero-order valence-corrected chi connectivity index (χ0v) is 12.2. The number of carbonyl (C=O) groups is 1. The maximum atomic E-state index is 11.7. The second kappa shape index (κ2) is 7.44. The molecule has 0 saturated heterocycles. The Bertz CT molecular complexity index is 595. The number of nitrogens with one attached hydrogen (secondary N) is 2. The van der Waals surface area contributed by atoms with Crippen LogP contribution >= 0.6 is 0 Å². The van der Waals surface area contributed by atoms with Crippen LogP contribution in [-0.4, -0.2) is 24.7 Å². The summed E-state index contributed by atoms with van der Waals surface area (Å²) in [6.45, 7) is 2.80. The van der Waals surface area contributed by atoms with Gasteiger partial charge in [0, 0.05) is 18.2 Å². The monoisotopic (exact) mass is 289 g/mol. The van der Waals surface area contributed by atoms with E-state index in [0.29, 0.717) is 18.2 Å². The van der Waals surface area contributed by atoms with Crippen LogP contribution in [0.1, 0.15) is 17.7 Å². The summed E-state index contributed by atoms with van der Waals surface area (Å²) in [6, 6.07) is 9.42. The number of ether oxygens (including phenoxy) is 1. The Kier molecular flexibility index (Phi) is 5.34. The molecule has 1 aromatic heterocycles. The fraction of sp³-hybridized carbons (Fsp3) is 0.333. The van der Waals surface area contributed by atoms with Crippen molar-refractivity contribution in [2.45, 2.75) is 19.9 Å². The molecule has 2 N–H and O–H groups in total. The highest BCUT2D eigenvalue weighted by Crippen LogP contribution is 2.17. The Morgan fingerprint density at radius 3 is 2.90 bits per heavy atom. The van der Waals surface area contributed by atoms with E-state index in [4.69, 9.17) is 9.26 Å². The van der Waals surface area contributed by atoms with Crippen molar-refractivity contribution >= 4 is 11.7 Å². The molecule has 0 fully saturated rings. The highest BCUT2D eigenvalue weighted by Gasteiger charge is 2.07. The van der Waals surface area contributed by atoms with Crippen LogP contribution in [0, 0.1) is 6.92 Å². The van der Waals surface area contributed by atoms with Crippen LogP contribution in [0.4, 0.5) is 5.82 Å². The van der Waals surface area contributed by atoms with E-state index in [9.17, 15) is 4.79 Å². The first-order valence-electron chi connectivity index (χ1n) is 6.77. The lowest BCUT2D eigenvalue weighted by atomic mass is 10.2. The van der Waals surface area contributed by atoms with Crippen LogP contribution in [0.5, 0.6) is 5.75 Å². The van der Waals surface area contributed by atoms with Gasteiger partial charge >= 0.3 is 0 Å². The molecular formula is C15H19N3O3. The summed E-state index contributed by atoms with van der Waals surface area (Å²) in [5.74, 6) is 1.71. The number of nitrogens with zero attached hydrogens (tertiary/aromatic N) is 1. The largest absolute Gasteiger partial charge is 0.493 e. The highest BCUT2D eigenvalue weighted by molar-refractivity contribution is 5.89. The number of carbonyl (C=O) groups excluding carboxylic acids is 1. The van der Waals surface area contributed by atoms with Gasteiger partial charge in [-0.3, -0.25) is 4.79 Å². The molecule has 6 heteroatoms. The first-order valence-corrected chi connectivity index (χ1v) is 6.77. The first-order chi connectivity index (χ1) is 10.2. The smallest absolute Gasteiger partial charge is 0.229 e. The molecule has 112 valence electrons. The lowest BCUT2D eigenvalue weighted by molar-refractivity contribution is -0.116. The van der Waals surface area contributed by atoms with Gasteiger partial charge in [-0.05, 0) is 20.0 Å². The van der Waals surface area contributed by atoms with Crippen molar-refractivity contribution in [3.05, 3.63) is 41.7 Å². The number of hydrogen-bond acceptors (Lipinski definition) is 5. The van der Waals surface area contributed by atoms with E-state index in [2.05, 4.69) is 15.8 Å². The summed E-state index contributed by atoms with van der Waals surface area (Å²) in [6.07, 6.45) is 0.250. The molecule has 0 aliphatic carbocycles. The minimum Gasteiger partial charge on any atom is -0.493 e. The maximum absolute atomic E-state index is 11.7. The molecule has 0 aliphatic rings. The summed E-state index contributed by atoms with van der Waals surface area (Å²) < 4.78 is 10.5. The van der Waals surface area contributed by atoms with Gasteiger partial charge in [0.25, 0.3) is 0 Å². The average Bonchev–Trinajstić information content (AvgIpc) is 2.86. The van der Waals surface area contributed by atoms with Crippen LogP contribution < -0.4 is 15.4 Å². The van der Waals surface area contributed by atoms with Crippen molar-refractivity contribution in [1.82, 2.24) is 10.5 Å². The number of benzene rings is 1. The molecule has 0 atom stereocenters. The minimum atomic E-state index is -0.158. The Balaban J connectivity index is 1.80. The Morgan fingerprint density at radius 2 is 2.19 bits per heavy atom. The van der Waals surface area contributed by atoms with Gasteiger partial charge in [-0.1, -0.05) is 23.4 Å². The number of para-hydroxylation sites is 1. The molecule has 0 saturated carbocycles. The predicted octanol–water partition coefficient (Wildman–Crippen LogP) is 2.11. The summed E-state index contributed by atoms with van der Waals surface area (Å²) in [4.78, 5) is 11.7. The van der Waals surface area contributed by atoms with Crippen LogP contribution in [0.3, 0.4) is 0 Å². The average molecular weight is 289 g/mol. The molecule has 2 aromatic rings. The topological polar surface area (TPSA) is 76.4 Å². The van der Waals surface area contributed by atoms with Crippen molar-refractivity contribution in [3.63, 3.8) is 0 Å². The molecule has 0 radical (unpaired) electrons. The van der Waals surface area contributed by atoms with Gasteiger partial charge < -0.3 is 19.9 Å². The van der Waals surface area contributed by atoms with Crippen LogP contribution in [0.25, 0.3) is 0 Å². The van der Waals surface area contributed by atoms with Gasteiger partial charge in [0.2, 0.25) is 5.91 Å². The van der Waals surface area contributed by atoms with Crippen molar-refractivity contribution in [1.29, 1.82) is 0 Å². The molecule has 21 heavy (non-hydrogen) atoms. The number of aromatic nitrogens is 1. The van der Waals surface area contributed by atoms with Crippen LogP contribution in [0.15, 0.2) is 34.9 Å². The highest BCUT2D eigenvalue weighted by atomic mass is 16.5. The van der Waals surface area contributed by atoms with Crippen molar-refractivity contribution in [2.75, 3.05) is 19.0 Å². The molecule has 1 heterocycles. The fourth-order valence-corrected chi connectivity index (χ4v) is 1.87. The lowest BCUT2D eigenvalue weighted by Crippen LogP contribution is -2.16. The molecule has 1 amide bonds. The van der Waals surface area contributed by atoms with E-state index in [1.54, 1.807) is 13.0 Å². The number of aryl methyl sites for hydroxylation is 1. The van der Waals surface area contributed by atoms with Crippen molar-refractivity contribution in [2.24, 2.45) is 0 Å². The van der Waals surface area contributed by atoms with Gasteiger partial charge in [-0.2, -0.15) is 0 Å². The van der Waals surface area contributed by atoms with Crippen LogP contribution in [-0.2, 0) is 11.3 Å². The second-order valence-corrected chi connectivity index (χ2v) is 4.61. The van der Waals surface area contributed by atoms with E-state index < -0.39 is 0 Å². The van der Waals surface area contributed by atoms with Gasteiger partial charge in [-0.15, -0.1) is 0 Å². The maximum Gasteiger partial charge on any atom is 0.229 e. The number of hydrogen-bond donors (Lipinski definition) is 2. The van der Waals surface area contributed by atoms with E-state index in [0.717, 1.165) is 17.9 Å². The molecule has 6 nitrogen and oxygen atoms in total. The zero-order chi connectivity index (χ0) is 15.1. The molecular weight excluding hydrogens is 270 g/mol. The minimum absolute atomic E-state index is 0.158. The van der Waals surface area contributed by atoms with Crippen molar-refractivity contribution in [3.8, 4) is 5.75 Å². The van der Waals surface area contributed by atoms with E-state index in [1.807, 2.05) is 31.3 Å². The molecule has 0 bridgehead atoms. The Hall–Kier alpha value is -2.34. The lowest BCUT2D eigenvalue weighted by Gasteiger charge is -2.10. The van der Waals surface area contributed by atoms with Gasteiger partial charge in [0.1, 0.15) is 11.5 Å². The standard InChI is InChI=1S/C15H19N3O3/c1-11-9-14(18-21-11)17-15(19)7-8-20-13-6-4-3-5-12(13)10-16-2/h3-6,9,16H,7-8,10H2,1-2H3,(H,17,18,19). The number of rotatable bonds is 7. The molecule has 1 aromatic carbocycles. The zero-order valence-electron chi connectivity index (χ0n) is 12.2. The number of anilines is 1.